The third-order valence-electron chi connectivity index (χ3n) is 3.43. The number of halogens is 2. The Bertz CT molecular complexity index is 766. The van der Waals surface area contributed by atoms with Crippen LogP contribution in [0.3, 0.4) is 0 Å². The fourth-order valence-corrected chi connectivity index (χ4v) is 2.48. The maximum Gasteiger partial charge on any atom is 0.258 e. The molecule has 6 nitrogen and oxygen atoms in total. The number of hydrazone groups is 1. The van der Waals surface area contributed by atoms with E-state index in [2.05, 4.69) is 20.6 Å². The lowest BCUT2D eigenvalue weighted by Crippen LogP contribution is -2.33. The van der Waals surface area contributed by atoms with Gasteiger partial charge in [0.2, 0.25) is 0 Å². The van der Waals surface area contributed by atoms with Crippen molar-refractivity contribution in [3.63, 3.8) is 0 Å². The molecule has 1 aromatic heterocycles. The number of amidine groups is 1. The van der Waals surface area contributed by atoms with Crippen molar-refractivity contribution in [1.29, 1.82) is 0 Å². The van der Waals surface area contributed by atoms with Crippen LogP contribution in [0.25, 0.3) is 0 Å². The van der Waals surface area contributed by atoms with Gasteiger partial charge in [-0.3, -0.25) is 9.80 Å². The molecular formula is C15H13Cl2N5O. The normalized spacial score (nSPS) is 17.1. The maximum atomic E-state index is 12.2. The summed E-state index contributed by atoms with van der Waals surface area (Å²) in [5.74, 6) is 0.405. The smallest absolute Gasteiger partial charge is 0.258 e. The molecule has 0 radical (unpaired) electrons. The van der Waals surface area contributed by atoms with Crippen LogP contribution in [0.5, 0.6) is 0 Å². The lowest BCUT2D eigenvalue weighted by Gasteiger charge is -2.14. The van der Waals surface area contributed by atoms with Gasteiger partial charge in [0.25, 0.3) is 5.91 Å². The molecule has 1 aliphatic rings. The fraction of sp³-hybridized carbons (Fsp3) is 0.200. The molecule has 1 N–H and O–H groups in total. The highest BCUT2D eigenvalue weighted by Crippen LogP contribution is 2.29. The van der Waals surface area contributed by atoms with Crippen molar-refractivity contribution < 1.29 is 4.79 Å². The summed E-state index contributed by atoms with van der Waals surface area (Å²) in [6.45, 7) is 2.63. The van der Waals surface area contributed by atoms with Gasteiger partial charge in [0.1, 0.15) is 5.84 Å². The van der Waals surface area contributed by atoms with Gasteiger partial charge < -0.3 is 5.32 Å². The molecule has 1 aromatic carbocycles. The van der Waals surface area contributed by atoms with Crippen LogP contribution in [0.4, 0.5) is 5.69 Å². The first-order chi connectivity index (χ1) is 11.0. The molecule has 0 saturated carbocycles. The van der Waals surface area contributed by atoms with Gasteiger partial charge in [0.05, 0.1) is 40.2 Å². The van der Waals surface area contributed by atoms with Crippen LogP contribution in [-0.4, -0.2) is 28.5 Å². The van der Waals surface area contributed by atoms with Gasteiger partial charge in [-0.2, -0.15) is 15.3 Å². The highest BCUT2D eigenvalue weighted by molar-refractivity contribution is 6.42. The first-order valence-electron chi connectivity index (χ1n) is 6.93. The summed E-state index contributed by atoms with van der Waals surface area (Å²) >= 11 is 12.0. The van der Waals surface area contributed by atoms with E-state index >= 15 is 0 Å². The van der Waals surface area contributed by atoms with Gasteiger partial charge >= 0.3 is 0 Å². The summed E-state index contributed by atoms with van der Waals surface area (Å²) < 4.78 is 0. The van der Waals surface area contributed by atoms with E-state index in [9.17, 15) is 4.79 Å². The Kier molecular flexibility index (Phi) is 4.45. The zero-order valence-corrected chi connectivity index (χ0v) is 13.7. The molecule has 0 bridgehead atoms. The predicted octanol–water partition coefficient (Wildman–Crippen LogP) is 2.98. The van der Waals surface area contributed by atoms with Crippen LogP contribution >= 0.6 is 23.2 Å². The number of nitrogens with one attached hydrogen (secondary N) is 1. The molecule has 23 heavy (non-hydrogen) atoms. The average Bonchev–Trinajstić information content (AvgIpc) is 2.92. The van der Waals surface area contributed by atoms with Crippen LogP contribution in [0.15, 0.2) is 41.8 Å². The van der Waals surface area contributed by atoms with E-state index < -0.39 is 0 Å². The fourth-order valence-electron chi connectivity index (χ4n) is 2.19. The van der Waals surface area contributed by atoms with Crippen molar-refractivity contribution in [3.05, 3.63) is 52.3 Å². The number of anilines is 1. The summed E-state index contributed by atoms with van der Waals surface area (Å²) in [7, 11) is 0. The molecule has 0 unspecified atom stereocenters. The molecule has 2 aromatic rings. The standard InChI is InChI=1S/C15H13Cl2N5O/c1-9-8-22(11-2-3-12(16)13(17)6-11)21-14(9)20-15(23)10-4-5-18-19-7-10/h2-7,9H,8H2,1H3,(H,20,21,23)/t9-/m0/s1. The molecular weight excluding hydrogens is 337 g/mol. The van der Waals surface area contributed by atoms with Crippen LogP contribution in [-0.2, 0) is 0 Å². The predicted molar refractivity (Wildman–Crippen MR) is 89.9 cm³/mol. The summed E-state index contributed by atoms with van der Waals surface area (Å²) in [5, 5.41) is 17.4. The topological polar surface area (TPSA) is 70.5 Å². The van der Waals surface area contributed by atoms with E-state index in [1.165, 1.54) is 12.4 Å². The van der Waals surface area contributed by atoms with Gasteiger partial charge in [-0.15, -0.1) is 0 Å². The Morgan fingerprint density at radius 2 is 2.09 bits per heavy atom. The number of amides is 1. The number of rotatable bonds is 2. The lowest BCUT2D eigenvalue weighted by molar-refractivity contribution is 0.0975. The van der Waals surface area contributed by atoms with Gasteiger partial charge in [0.15, 0.2) is 0 Å². The quantitative estimate of drug-likeness (QED) is 0.904. The molecule has 1 atom stereocenters. The molecule has 1 amide bonds. The second-order valence-corrected chi connectivity index (χ2v) is 5.97. The number of nitrogens with zero attached hydrogens (tertiary/aromatic N) is 4. The van der Waals surface area contributed by atoms with Crippen molar-refractivity contribution in [2.24, 2.45) is 11.0 Å². The second-order valence-electron chi connectivity index (χ2n) is 5.15. The Labute approximate surface area is 143 Å². The number of aromatic nitrogens is 2. The SMILES string of the molecule is C[C@H]1CN(c2ccc(Cl)c(Cl)c2)N=C1NC(=O)c1ccnnc1. The van der Waals surface area contributed by atoms with E-state index in [4.69, 9.17) is 23.2 Å². The lowest BCUT2D eigenvalue weighted by atomic mass is 10.1. The summed E-state index contributed by atoms with van der Waals surface area (Å²) in [4.78, 5) is 12.2. The summed E-state index contributed by atoms with van der Waals surface area (Å²) in [6.07, 6.45) is 2.88. The molecule has 2 heterocycles. The highest BCUT2D eigenvalue weighted by Gasteiger charge is 2.26. The number of hydrogen-bond acceptors (Lipinski definition) is 5. The molecule has 0 fully saturated rings. The second kappa shape index (κ2) is 6.52. The Balaban J connectivity index is 1.77. The monoisotopic (exact) mass is 349 g/mol. The number of carbonyl (C=O) groups is 1. The molecule has 0 spiro atoms. The van der Waals surface area contributed by atoms with Gasteiger partial charge in [-0.1, -0.05) is 30.1 Å². The average molecular weight is 350 g/mol. The van der Waals surface area contributed by atoms with Crippen LogP contribution in [0, 0.1) is 5.92 Å². The number of hydrogen-bond donors (Lipinski definition) is 1. The number of benzene rings is 1. The molecule has 0 saturated heterocycles. The third-order valence-corrected chi connectivity index (χ3v) is 4.17. The summed E-state index contributed by atoms with van der Waals surface area (Å²) in [5.41, 5.74) is 1.25. The first-order valence-corrected chi connectivity index (χ1v) is 7.69. The largest absolute Gasteiger partial charge is 0.308 e. The van der Waals surface area contributed by atoms with E-state index in [0.29, 0.717) is 28.0 Å². The molecule has 8 heteroatoms. The first kappa shape index (κ1) is 15.7. The summed E-state index contributed by atoms with van der Waals surface area (Å²) in [6, 6.07) is 6.90. The minimum Gasteiger partial charge on any atom is -0.308 e. The molecule has 0 aliphatic carbocycles. The van der Waals surface area contributed by atoms with Crippen LogP contribution in [0.2, 0.25) is 10.0 Å². The van der Waals surface area contributed by atoms with Crippen LogP contribution in [0.1, 0.15) is 17.3 Å². The van der Waals surface area contributed by atoms with Gasteiger partial charge in [0, 0.05) is 5.92 Å². The Morgan fingerprint density at radius 1 is 1.26 bits per heavy atom. The molecule has 118 valence electrons. The molecule has 3 rings (SSSR count). The van der Waals surface area contributed by atoms with E-state index in [0.717, 1.165) is 5.69 Å². The third kappa shape index (κ3) is 3.43. The van der Waals surface area contributed by atoms with Crippen molar-refractivity contribution in [1.82, 2.24) is 15.5 Å². The zero-order chi connectivity index (χ0) is 16.4. The van der Waals surface area contributed by atoms with E-state index in [1.807, 2.05) is 13.0 Å². The minimum atomic E-state index is -0.263. The van der Waals surface area contributed by atoms with Crippen molar-refractivity contribution in [3.8, 4) is 0 Å². The van der Waals surface area contributed by atoms with Crippen molar-refractivity contribution in [2.45, 2.75) is 6.92 Å². The Morgan fingerprint density at radius 3 is 2.78 bits per heavy atom. The highest BCUT2D eigenvalue weighted by atomic mass is 35.5. The van der Waals surface area contributed by atoms with Crippen molar-refractivity contribution in [2.75, 3.05) is 11.6 Å². The molecule has 1 aliphatic heterocycles. The van der Waals surface area contributed by atoms with Gasteiger partial charge in [-0.25, -0.2) is 0 Å². The van der Waals surface area contributed by atoms with Gasteiger partial charge in [-0.05, 0) is 24.3 Å². The zero-order valence-electron chi connectivity index (χ0n) is 12.2. The minimum absolute atomic E-state index is 0.0724. The maximum absolute atomic E-state index is 12.2. The number of carbonyl (C=O) groups excluding carboxylic acids is 1. The van der Waals surface area contributed by atoms with Crippen LogP contribution < -0.4 is 10.3 Å². The van der Waals surface area contributed by atoms with E-state index in [1.54, 1.807) is 23.2 Å². The van der Waals surface area contributed by atoms with Crippen molar-refractivity contribution >= 4 is 40.6 Å². The van der Waals surface area contributed by atoms with E-state index in [-0.39, 0.29) is 11.8 Å². The Hall–Kier alpha value is -2.18.